The smallest absolute Gasteiger partial charge is 0.471 e. The molecule has 1 heterocycles. The number of alkyl halides is 3. The predicted octanol–water partition coefficient (Wildman–Crippen LogP) is 0.946. The molecule has 0 aromatic heterocycles. The predicted molar refractivity (Wildman–Crippen MR) is 60.5 cm³/mol. The third-order valence-corrected chi connectivity index (χ3v) is 3.13. The van der Waals surface area contributed by atoms with Gasteiger partial charge in [0.05, 0.1) is 0 Å². The van der Waals surface area contributed by atoms with Crippen molar-refractivity contribution < 1.29 is 27.9 Å². The average molecular weight is 282 g/mol. The van der Waals surface area contributed by atoms with Crippen LogP contribution in [-0.2, 0) is 9.59 Å². The van der Waals surface area contributed by atoms with Crippen molar-refractivity contribution in [2.24, 2.45) is 0 Å². The van der Waals surface area contributed by atoms with Gasteiger partial charge in [0.15, 0.2) is 0 Å². The van der Waals surface area contributed by atoms with E-state index in [4.69, 9.17) is 5.11 Å². The topological polar surface area (TPSA) is 60.9 Å². The Bertz CT molecular complexity index is 339. The van der Waals surface area contributed by atoms with Gasteiger partial charge in [0.25, 0.3) is 0 Å². The summed E-state index contributed by atoms with van der Waals surface area (Å²) in [5, 5.41) is 9.06. The van der Waals surface area contributed by atoms with E-state index in [0.717, 1.165) is 4.90 Å². The van der Waals surface area contributed by atoms with E-state index in [9.17, 15) is 22.8 Å². The van der Waals surface area contributed by atoms with Crippen LogP contribution in [0.4, 0.5) is 13.2 Å². The second kappa shape index (κ2) is 6.23. The minimum Gasteiger partial charge on any atom is -0.480 e. The number of carboxylic acids is 1. The fourth-order valence-corrected chi connectivity index (χ4v) is 2.15. The lowest BCUT2D eigenvalue weighted by Crippen LogP contribution is -2.56. The van der Waals surface area contributed by atoms with E-state index < -0.39 is 24.1 Å². The summed E-state index contributed by atoms with van der Waals surface area (Å²) in [6, 6.07) is -0.687. The molecule has 0 spiro atoms. The molecule has 8 heteroatoms. The number of amides is 1. The van der Waals surface area contributed by atoms with Crippen LogP contribution in [0.5, 0.6) is 0 Å². The van der Waals surface area contributed by atoms with Gasteiger partial charge in [-0.2, -0.15) is 13.2 Å². The van der Waals surface area contributed by atoms with Crippen molar-refractivity contribution >= 4 is 11.9 Å². The first-order valence-electron chi connectivity index (χ1n) is 6.10. The van der Waals surface area contributed by atoms with Gasteiger partial charge in [0, 0.05) is 26.2 Å². The minimum absolute atomic E-state index is 0.0914. The van der Waals surface area contributed by atoms with Crippen LogP contribution >= 0.6 is 0 Å². The molecular weight excluding hydrogens is 265 g/mol. The van der Waals surface area contributed by atoms with Crippen molar-refractivity contribution in [3.63, 3.8) is 0 Å². The Morgan fingerprint density at radius 3 is 2.11 bits per heavy atom. The number of hydrogen-bond donors (Lipinski definition) is 1. The molecule has 1 amide bonds. The maximum atomic E-state index is 12.2. The first-order chi connectivity index (χ1) is 8.77. The zero-order valence-electron chi connectivity index (χ0n) is 10.6. The first kappa shape index (κ1) is 15.7. The Morgan fingerprint density at radius 2 is 1.74 bits per heavy atom. The summed E-state index contributed by atoms with van der Waals surface area (Å²) in [4.78, 5) is 24.4. The third kappa shape index (κ3) is 4.09. The molecule has 1 fully saturated rings. The summed E-state index contributed by atoms with van der Waals surface area (Å²) in [6.07, 6.45) is -3.74. The molecule has 1 N–H and O–H groups in total. The van der Waals surface area contributed by atoms with Gasteiger partial charge in [-0.15, -0.1) is 0 Å². The fourth-order valence-electron chi connectivity index (χ4n) is 2.15. The molecule has 19 heavy (non-hydrogen) atoms. The van der Waals surface area contributed by atoms with Crippen LogP contribution in [0.25, 0.3) is 0 Å². The van der Waals surface area contributed by atoms with E-state index >= 15 is 0 Å². The maximum Gasteiger partial charge on any atom is 0.471 e. The largest absolute Gasteiger partial charge is 0.480 e. The normalized spacial score (nSPS) is 19.3. The number of piperazine rings is 1. The van der Waals surface area contributed by atoms with Crippen molar-refractivity contribution in [3.05, 3.63) is 0 Å². The van der Waals surface area contributed by atoms with E-state index in [0.29, 0.717) is 12.8 Å². The average Bonchev–Trinajstić information content (AvgIpc) is 2.34. The molecule has 0 aromatic carbocycles. The lowest BCUT2D eigenvalue weighted by Gasteiger charge is -2.37. The zero-order valence-corrected chi connectivity index (χ0v) is 10.6. The second-order valence-corrected chi connectivity index (χ2v) is 4.47. The quantitative estimate of drug-likeness (QED) is 0.834. The summed E-state index contributed by atoms with van der Waals surface area (Å²) in [7, 11) is 0. The van der Waals surface area contributed by atoms with Crippen molar-refractivity contribution in [2.75, 3.05) is 26.2 Å². The highest BCUT2D eigenvalue weighted by molar-refractivity contribution is 5.82. The zero-order chi connectivity index (χ0) is 14.6. The van der Waals surface area contributed by atoms with Gasteiger partial charge in [-0.25, -0.2) is 0 Å². The lowest BCUT2D eigenvalue weighted by atomic mass is 10.1. The summed E-state index contributed by atoms with van der Waals surface area (Å²) >= 11 is 0. The molecule has 0 radical (unpaired) electrons. The Labute approximate surface area is 109 Å². The van der Waals surface area contributed by atoms with Gasteiger partial charge < -0.3 is 10.0 Å². The van der Waals surface area contributed by atoms with Crippen LogP contribution in [-0.4, -0.2) is 65.2 Å². The molecule has 1 saturated heterocycles. The Hall–Kier alpha value is -1.31. The monoisotopic (exact) mass is 282 g/mol. The number of aliphatic carboxylic acids is 1. The minimum atomic E-state index is -4.86. The molecular formula is C11H17F3N2O3. The van der Waals surface area contributed by atoms with Gasteiger partial charge >= 0.3 is 18.1 Å². The Kier molecular flexibility index (Phi) is 5.16. The number of carbonyl (C=O) groups is 2. The van der Waals surface area contributed by atoms with Crippen LogP contribution in [0.15, 0.2) is 0 Å². The van der Waals surface area contributed by atoms with Crippen LogP contribution < -0.4 is 0 Å². The van der Waals surface area contributed by atoms with Gasteiger partial charge in [0.2, 0.25) is 0 Å². The van der Waals surface area contributed by atoms with E-state index in [1.165, 1.54) is 0 Å². The highest BCUT2D eigenvalue weighted by atomic mass is 19.4. The highest BCUT2D eigenvalue weighted by Gasteiger charge is 2.43. The number of carboxylic acid groups (broad SMARTS) is 1. The summed E-state index contributed by atoms with van der Waals surface area (Å²) in [5.41, 5.74) is 0. The fraction of sp³-hybridized carbons (Fsp3) is 0.818. The molecule has 5 nitrogen and oxygen atoms in total. The van der Waals surface area contributed by atoms with E-state index in [2.05, 4.69) is 0 Å². The molecule has 1 rings (SSSR count). The van der Waals surface area contributed by atoms with Crippen LogP contribution in [0.3, 0.4) is 0 Å². The van der Waals surface area contributed by atoms with Gasteiger partial charge in [0.1, 0.15) is 6.04 Å². The number of nitrogens with zero attached hydrogens (tertiary/aromatic N) is 2. The van der Waals surface area contributed by atoms with Crippen molar-refractivity contribution in [1.82, 2.24) is 9.80 Å². The molecule has 1 aliphatic rings. The molecule has 0 bridgehead atoms. The number of hydrogen-bond acceptors (Lipinski definition) is 3. The number of carbonyl (C=O) groups excluding carboxylic acids is 1. The number of rotatable bonds is 4. The van der Waals surface area contributed by atoms with Crippen LogP contribution in [0, 0.1) is 0 Å². The second-order valence-electron chi connectivity index (χ2n) is 4.47. The molecule has 0 aromatic rings. The molecule has 110 valence electrons. The highest BCUT2D eigenvalue weighted by Crippen LogP contribution is 2.20. The summed E-state index contributed by atoms with van der Waals surface area (Å²) in [6.45, 7) is 1.97. The van der Waals surface area contributed by atoms with Gasteiger partial charge in [-0.1, -0.05) is 13.3 Å². The van der Waals surface area contributed by atoms with Crippen molar-refractivity contribution in [2.45, 2.75) is 32.0 Å². The third-order valence-electron chi connectivity index (χ3n) is 3.13. The molecule has 1 atom stereocenters. The van der Waals surface area contributed by atoms with E-state index in [-0.39, 0.29) is 26.2 Å². The van der Waals surface area contributed by atoms with E-state index in [1.807, 2.05) is 6.92 Å². The Morgan fingerprint density at radius 1 is 1.21 bits per heavy atom. The number of halogens is 3. The standard InChI is InChI=1S/C11H17F3N2O3/c1-2-3-8(9(17)18)15-4-6-16(7-5-15)10(19)11(12,13)14/h8H,2-7H2,1H3,(H,17,18). The van der Waals surface area contributed by atoms with Gasteiger partial charge in [-0.3, -0.25) is 14.5 Å². The van der Waals surface area contributed by atoms with Crippen molar-refractivity contribution in [1.29, 1.82) is 0 Å². The molecule has 1 unspecified atom stereocenters. The van der Waals surface area contributed by atoms with Gasteiger partial charge in [-0.05, 0) is 6.42 Å². The first-order valence-corrected chi connectivity index (χ1v) is 6.10. The lowest BCUT2D eigenvalue weighted by molar-refractivity contribution is -0.187. The van der Waals surface area contributed by atoms with Crippen LogP contribution in [0.2, 0.25) is 0 Å². The summed E-state index contributed by atoms with van der Waals surface area (Å²) < 4.78 is 36.7. The van der Waals surface area contributed by atoms with Crippen LogP contribution in [0.1, 0.15) is 19.8 Å². The molecule has 0 saturated carbocycles. The summed E-state index contributed by atoms with van der Waals surface area (Å²) in [5.74, 6) is -2.83. The molecule has 1 aliphatic heterocycles. The van der Waals surface area contributed by atoms with Crippen molar-refractivity contribution in [3.8, 4) is 0 Å². The Balaban J connectivity index is 2.57. The van der Waals surface area contributed by atoms with E-state index in [1.54, 1.807) is 4.90 Å². The SMILES string of the molecule is CCCC(C(=O)O)N1CCN(C(=O)C(F)(F)F)CC1. The molecule has 0 aliphatic carbocycles. The maximum absolute atomic E-state index is 12.2.